The number of aromatic nitrogens is 1. The van der Waals surface area contributed by atoms with Gasteiger partial charge in [-0.15, -0.1) is 11.3 Å². The molecule has 42 heavy (non-hydrogen) atoms. The number of rotatable bonds is 2. The molecule has 1 saturated heterocycles. The molecule has 2 aliphatic rings. The number of nitrogens with zero attached hydrogens (tertiary/aromatic N) is 2. The minimum Gasteiger partial charge on any atom is -0.337 e. The van der Waals surface area contributed by atoms with Gasteiger partial charge in [-0.2, -0.15) is 0 Å². The van der Waals surface area contributed by atoms with E-state index in [-0.39, 0.29) is 5.91 Å². The van der Waals surface area contributed by atoms with Crippen LogP contribution in [0.5, 0.6) is 0 Å². The van der Waals surface area contributed by atoms with Gasteiger partial charge in [-0.05, 0) is 44.4 Å². The van der Waals surface area contributed by atoms with Gasteiger partial charge in [0.15, 0.2) is 0 Å². The van der Waals surface area contributed by atoms with Gasteiger partial charge < -0.3 is 4.90 Å². The zero-order chi connectivity index (χ0) is 29.2. The molecule has 4 rings (SSSR count). The Morgan fingerprint density at radius 3 is 1.45 bits per heavy atom. The van der Waals surface area contributed by atoms with E-state index < -0.39 is 0 Å². The molecule has 234 valence electrons. The monoisotopic (exact) mass is 592 g/mol. The Morgan fingerprint density at radius 1 is 0.619 bits per heavy atom. The summed E-state index contributed by atoms with van der Waals surface area (Å²) in [6, 6.07) is 10.3. The first kappa shape index (κ1) is 33.2. The minimum absolute atomic E-state index is 0.234. The quantitative estimate of drug-likeness (QED) is 0.347. The Morgan fingerprint density at radius 2 is 1.02 bits per heavy atom. The predicted octanol–water partition coefficient (Wildman–Crippen LogP) is 11.8. The van der Waals surface area contributed by atoms with Crippen LogP contribution in [-0.4, -0.2) is 28.9 Å². The highest BCUT2D eigenvalue weighted by Crippen LogP contribution is 2.33. The lowest BCUT2D eigenvalue weighted by atomic mass is 9.91. The summed E-state index contributed by atoms with van der Waals surface area (Å²) in [5, 5.41) is 0.969. The van der Waals surface area contributed by atoms with Gasteiger partial charge in [0.2, 0.25) is 0 Å². The molecule has 0 radical (unpaired) electrons. The maximum Gasteiger partial charge on any atom is 0.265 e. The SMILES string of the molecule is Cc1nc(-c2ccccc2)sc1C(=O)N1CC2CCCCCCCCCCCCCCCCCCCCCC(CC2)C1. The molecule has 2 bridgehead atoms. The van der Waals surface area contributed by atoms with Crippen molar-refractivity contribution in [3.8, 4) is 10.6 Å². The molecule has 2 unspecified atom stereocenters. The Hall–Kier alpha value is -1.68. The van der Waals surface area contributed by atoms with Gasteiger partial charge in [0.05, 0.1) is 5.69 Å². The van der Waals surface area contributed by atoms with E-state index in [1.807, 2.05) is 13.0 Å². The highest BCUT2D eigenvalue weighted by atomic mass is 32.1. The summed E-state index contributed by atoms with van der Waals surface area (Å²) in [6.45, 7) is 3.90. The maximum absolute atomic E-state index is 14.0. The van der Waals surface area contributed by atoms with Crippen LogP contribution in [0.15, 0.2) is 30.3 Å². The topological polar surface area (TPSA) is 33.2 Å². The molecule has 2 aromatic rings. The van der Waals surface area contributed by atoms with Crippen LogP contribution < -0.4 is 0 Å². The third-order valence-corrected chi connectivity index (χ3v) is 11.2. The first-order chi connectivity index (χ1) is 20.7. The van der Waals surface area contributed by atoms with Crippen LogP contribution in [0.3, 0.4) is 0 Å². The lowest BCUT2D eigenvalue weighted by Gasteiger charge is -2.26. The number of hydrogen-bond acceptors (Lipinski definition) is 3. The van der Waals surface area contributed by atoms with Gasteiger partial charge in [0.25, 0.3) is 5.91 Å². The van der Waals surface area contributed by atoms with E-state index in [2.05, 4.69) is 29.2 Å². The first-order valence-electron chi connectivity index (χ1n) is 18.0. The van der Waals surface area contributed by atoms with Crippen molar-refractivity contribution in [2.45, 2.75) is 155 Å². The molecule has 1 aromatic carbocycles. The van der Waals surface area contributed by atoms with Gasteiger partial charge in [-0.1, -0.05) is 152 Å². The summed E-state index contributed by atoms with van der Waals surface area (Å²) in [5.41, 5.74) is 2.01. The number of thiazole rings is 1. The Labute approximate surface area is 262 Å². The number of likely N-dealkylation sites (tertiary alicyclic amines) is 1. The molecular weight excluding hydrogens is 532 g/mol. The number of benzene rings is 1. The molecule has 2 fully saturated rings. The van der Waals surface area contributed by atoms with Gasteiger partial charge in [-0.25, -0.2) is 4.98 Å². The van der Waals surface area contributed by atoms with Gasteiger partial charge in [0.1, 0.15) is 9.88 Å². The molecular formula is C38H60N2OS. The summed E-state index contributed by atoms with van der Waals surface area (Å²) in [5.74, 6) is 1.53. The van der Waals surface area contributed by atoms with Crippen molar-refractivity contribution in [2.75, 3.05) is 13.1 Å². The molecule has 1 saturated carbocycles. The zero-order valence-electron chi connectivity index (χ0n) is 26.9. The van der Waals surface area contributed by atoms with Crippen molar-refractivity contribution in [3.63, 3.8) is 0 Å². The number of amides is 1. The Bertz CT molecular complexity index is 970. The fraction of sp³-hybridized carbons (Fsp3) is 0.737. The summed E-state index contributed by atoms with van der Waals surface area (Å²) in [7, 11) is 0. The summed E-state index contributed by atoms with van der Waals surface area (Å²) < 4.78 is 0. The first-order valence-corrected chi connectivity index (χ1v) is 18.8. The van der Waals surface area contributed by atoms with Crippen molar-refractivity contribution >= 4 is 17.2 Å². The van der Waals surface area contributed by atoms with Crippen LogP contribution in [0.2, 0.25) is 0 Å². The van der Waals surface area contributed by atoms with Crippen LogP contribution in [0, 0.1) is 18.8 Å². The molecule has 3 nitrogen and oxygen atoms in total. The van der Waals surface area contributed by atoms with Crippen molar-refractivity contribution in [1.29, 1.82) is 0 Å². The highest BCUT2D eigenvalue weighted by molar-refractivity contribution is 7.17. The molecule has 0 spiro atoms. The minimum atomic E-state index is 0.234. The summed E-state index contributed by atoms with van der Waals surface area (Å²) in [4.78, 5) is 22.0. The summed E-state index contributed by atoms with van der Waals surface area (Å²) in [6.07, 6.45) is 32.0. The van der Waals surface area contributed by atoms with Gasteiger partial charge >= 0.3 is 0 Å². The summed E-state index contributed by atoms with van der Waals surface area (Å²) >= 11 is 1.59. The number of hydrogen-bond donors (Lipinski definition) is 0. The Balaban J connectivity index is 1.35. The molecule has 1 amide bonds. The standard InChI is InChI=1S/C38H60N2OS/c1-32-36(42-37(39-32)35-26-22-19-23-27-35)38(41)40-30-33-24-20-17-15-13-11-9-7-5-3-2-4-6-8-10-12-14-16-18-21-25-34(31-40)29-28-33/h19,22-23,26-27,33-34H,2-18,20-21,24-25,28-31H2,1H3. The molecule has 2 atom stereocenters. The third kappa shape index (κ3) is 11.8. The van der Waals surface area contributed by atoms with Crippen LogP contribution in [0.4, 0.5) is 0 Å². The Kier molecular flexibility index (Phi) is 15.5. The molecule has 1 aromatic heterocycles. The van der Waals surface area contributed by atoms with Crippen molar-refractivity contribution in [2.24, 2.45) is 11.8 Å². The van der Waals surface area contributed by atoms with Crippen molar-refractivity contribution < 1.29 is 4.79 Å². The average molecular weight is 593 g/mol. The lowest BCUT2D eigenvalue weighted by Crippen LogP contribution is -2.36. The van der Waals surface area contributed by atoms with E-state index in [9.17, 15) is 4.79 Å². The van der Waals surface area contributed by atoms with Crippen LogP contribution in [0.1, 0.15) is 163 Å². The molecule has 2 heterocycles. The molecule has 4 heteroatoms. The zero-order valence-corrected chi connectivity index (χ0v) is 27.7. The second-order valence-electron chi connectivity index (χ2n) is 13.6. The smallest absolute Gasteiger partial charge is 0.265 e. The predicted molar refractivity (Wildman–Crippen MR) is 181 cm³/mol. The van der Waals surface area contributed by atoms with E-state index in [4.69, 9.17) is 4.98 Å². The van der Waals surface area contributed by atoms with Crippen LogP contribution >= 0.6 is 11.3 Å². The average Bonchev–Trinajstić information content (AvgIpc) is 3.28. The van der Waals surface area contributed by atoms with Gasteiger partial charge in [0, 0.05) is 18.7 Å². The number of carbonyl (C=O) groups is 1. The van der Waals surface area contributed by atoms with E-state index in [0.29, 0.717) is 11.8 Å². The number of aryl methyl sites for hydroxylation is 1. The van der Waals surface area contributed by atoms with E-state index in [1.54, 1.807) is 11.3 Å². The molecule has 1 aliphatic carbocycles. The largest absolute Gasteiger partial charge is 0.337 e. The lowest BCUT2D eigenvalue weighted by molar-refractivity contribution is 0.0720. The van der Waals surface area contributed by atoms with E-state index in [0.717, 1.165) is 34.2 Å². The fourth-order valence-corrected chi connectivity index (χ4v) is 8.34. The molecule has 1 aliphatic heterocycles. The second-order valence-corrected chi connectivity index (χ2v) is 14.6. The van der Waals surface area contributed by atoms with E-state index >= 15 is 0 Å². The number of carbonyl (C=O) groups excluding carboxylic acids is 1. The second kappa shape index (κ2) is 19.6. The van der Waals surface area contributed by atoms with E-state index in [1.165, 1.54) is 148 Å². The fourth-order valence-electron chi connectivity index (χ4n) is 7.30. The highest BCUT2D eigenvalue weighted by Gasteiger charge is 2.29. The normalized spacial score (nSPS) is 23.9. The van der Waals surface area contributed by atoms with Crippen LogP contribution in [-0.2, 0) is 0 Å². The number of fused-ring (bicyclic) bond motifs is 3. The third-order valence-electron chi connectivity index (χ3n) is 9.96. The van der Waals surface area contributed by atoms with Crippen LogP contribution in [0.25, 0.3) is 10.6 Å². The molecule has 0 N–H and O–H groups in total. The van der Waals surface area contributed by atoms with Crippen molar-refractivity contribution in [1.82, 2.24) is 9.88 Å². The van der Waals surface area contributed by atoms with Gasteiger partial charge in [-0.3, -0.25) is 4.79 Å². The maximum atomic E-state index is 14.0. The van der Waals surface area contributed by atoms with Crippen molar-refractivity contribution in [3.05, 3.63) is 40.9 Å².